The third kappa shape index (κ3) is 1.30. The summed E-state index contributed by atoms with van der Waals surface area (Å²) in [7, 11) is 0. The van der Waals surface area contributed by atoms with Gasteiger partial charge in [0.1, 0.15) is 5.82 Å². The average Bonchev–Trinajstić information content (AvgIpc) is 2.49. The molecule has 0 fully saturated rings. The summed E-state index contributed by atoms with van der Waals surface area (Å²) in [4.78, 5) is 10.5. The monoisotopic (exact) mass is 258 g/mol. The van der Waals surface area contributed by atoms with Gasteiger partial charge in [-0.2, -0.15) is 0 Å². The summed E-state index contributed by atoms with van der Waals surface area (Å²) < 4.78 is 15.1. The number of thiophene rings is 1. The van der Waals surface area contributed by atoms with Crippen LogP contribution < -0.4 is 0 Å². The van der Waals surface area contributed by atoms with E-state index in [2.05, 4.69) is 15.9 Å². The SMILES string of the molecule is O=Cc1ccc2scc(Br)c2c1F. The molecule has 66 valence electrons. The number of halogens is 2. The van der Waals surface area contributed by atoms with Crippen molar-refractivity contribution in [1.29, 1.82) is 0 Å². The first-order valence-electron chi connectivity index (χ1n) is 3.54. The van der Waals surface area contributed by atoms with E-state index in [0.717, 1.165) is 4.70 Å². The van der Waals surface area contributed by atoms with Gasteiger partial charge in [0.25, 0.3) is 0 Å². The fourth-order valence-corrected chi connectivity index (χ4v) is 2.77. The van der Waals surface area contributed by atoms with E-state index in [9.17, 15) is 9.18 Å². The molecule has 0 unspecified atom stereocenters. The molecule has 0 radical (unpaired) electrons. The van der Waals surface area contributed by atoms with E-state index in [-0.39, 0.29) is 5.56 Å². The van der Waals surface area contributed by atoms with Gasteiger partial charge in [-0.3, -0.25) is 4.79 Å². The van der Waals surface area contributed by atoms with Crippen molar-refractivity contribution >= 4 is 43.6 Å². The molecule has 0 saturated carbocycles. The molecule has 0 atom stereocenters. The second-order valence-corrected chi connectivity index (χ2v) is 4.31. The molecule has 0 aliphatic heterocycles. The van der Waals surface area contributed by atoms with Gasteiger partial charge < -0.3 is 0 Å². The molecule has 2 aromatic rings. The molecule has 0 amide bonds. The van der Waals surface area contributed by atoms with Crippen molar-refractivity contribution in [2.24, 2.45) is 0 Å². The largest absolute Gasteiger partial charge is 0.298 e. The third-order valence-corrected chi connectivity index (χ3v) is 3.66. The number of carbonyl (C=O) groups is 1. The van der Waals surface area contributed by atoms with Gasteiger partial charge in [0, 0.05) is 19.9 Å². The van der Waals surface area contributed by atoms with E-state index in [4.69, 9.17) is 0 Å². The minimum atomic E-state index is -0.444. The van der Waals surface area contributed by atoms with Crippen LogP contribution in [0.15, 0.2) is 22.0 Å². The molecule has 0 aliphatic rings. The highest BCUT2D eigenvalue weighted by molar-refractivity contribution is 9.10. The van der Waals surface area contributed by atoms with E-state index in [0.29, 0.717) is 16.1 Å². The second kappa shape index (κ2) is 3.20. The summed E-state index contributed by atoms with van der Waals surface area (Å²) in [5.41, 5.74) is 0.103. The first kappa shape index (κ1) is 8.84. The molecule has 4 heteroatoms. The summed E-state index contributed by atoms with van der Waals surface area (Å²) in [6.45, 7) is 0. The normalized spacial score (nSPS) is 10.6. The fraction of sp³-hybridized carbons (Fsp3) is 0. The molecule has 0 aliphatic carbocycles. The summed E-state index contributed by atoms with van der Waals surface area (Å²) in [5.74, 6) is -0.444. The van der Waals surface area contributed by atoms with Gasteiger partial charge in [0.15, 0.2) is 6.29 Å². The van der Waals surface area contributed by atoms with E-state index in [1.807, 2.05) is 5.38 Å². The average molecular weight is 259 g/mol. The van der Waals surface area contributed by atoms with Crippen molar-refractivity contribution in [1.82, 2.24) is 0 Å². The standard InChI is InChI=1S/C9H4BrFOS/c10-6-4-13-7-2-1-5(3-12)9(11)8(6)7/h1-4H. The molecule has 1 aromatic carbocycles. The summed E-state index contributed by atoms with van der Waals surface area (Å²) >= 11 is 4.68. The topological polar surface area (TPSA) is 17.1 Å². The number of rotatable bonds is 1. The molecule has 1 nitrogen and oxygen atoms in total. The Hall–Kier alpha value is -0.740. The lowest BCUT2D eigenvalue weighted by molar-refractivity contribution is 0.112. The Bertz CT molecular complexity index is 478. The summed E-state index contributed by atoms with van der Waals surface area (Å²) in [6.07, 6.45) is 0.527. The highest BCUT2D eigenvalue weighted by Crippen LogP contribution is 2.33. The van der Waals surface area contributed by atoms with Crippen LogP contribution in [0.3, 0.4) is 0 Å². The van der Waals surface area contributed by atoms with Crippen LogP contribution in [0.5, 0.6) is 0 Å². The Morgan fingerprint density at radius 2 is 2.23 bits per heavy atom. The van der Waals surface area contributed by atoms with Crippen molar-refractivity contribution in [2.45, 2.75) is 0 Å². The molecule has 2 rings (SSSR count). The highest BCUT2D eigenvalue weighted by Gasteiger charge is 2.10. The predicted molar refractivity (Wildman–Crippen MR) is 54.9 cm³/mol. The summed E-state index contributed by atoms with van der Waals surface area (Å²) in [5, 5.41) is 2.30. The van der Waals surface area contributed by atoms with Gasteiger partial charge in [-0.1, -0.05) is 0 Å². The van der Waals surface area contributed by atoms with Gasteiger partial charge in [-0.15, -0.1) is 11.3 Å². The molecular formula is C9H4BrFOS. The van der Waals surface area contributed by atoms with Crippen molar-refractivity contribution in [2.75, 3.05) is 0 Å². The zero-order chi connectivity index (χ0) is 9.42. The van der Waals surface area contributed by atoms with Crippen molar-refractivity contribution < 1.29 is 9.18 Å². The third-order valence-electron chi connectivity index (χ3n) is 1.79. The van der Waals surface area contributed by atoms with Crippen LogP contribution in [-0.4, -0.2) is 6.29 Å². The first-order chi connectivity index (χ1) is 6.24. The summed E-state index contributed by atoms with van der Waals surface area (Å²) in [6, 6.07) is 3.24. The molecule has 1 heterocycles. The Labute approximate surface area is 86.3 Å². The van der Waals surface area contributed by atoms with Crippen LogP contribution in [0.2, 0.25) is 0 Å². The quantitative estimate of drug-likeness (QED) is 0.715. The maximum atomic E-state index is 13.5. The lowest BCUT2D eigenvalue weighted by Crippen LogP contribution is -1.86. The van der Waals surface area contributed by atoms with Gasteiger partial charge in [-0.05, 0) is 28.1 Å². The molecular weight excluding hydrogens is 255 g/mol. The predicted octanol–water partition coefficient (Wildman–Crippen LogP) is 3.62. The molecule has 0 spiro atoms. The number of hydrogen-bond donors (Lipinski definition) is 0. The van der Waals surface area contributed by atoms with Crippen molar-refractivity contribution in [3.8, 4) is 0 Å². The Balaban J connectivity index is 2.91. The molecule has 1 aromatic heterocycles. The van der Waals surface area contributed by atoms with Crippen LogP contribution in [0.4, 0.5) is 4.39 Å². The minimum Gasteiger partial charge on any atom is -0.298 e. The number of hydrogen-bond acceptors (Lipinski definition) is 2. The Morgan fingerprint density at radius 1 is 1.46 bits per heavy atom. The Kier molecular flexibility index (Phi) is 2.17. The van der Waals surface area contributed by atoms with E-state index in [1.54, 1.807) is 6.07 Å². The van der Waals surface area contributed by atoms with E-state index < -0.39 is 5.82 Å². The molecule has 13 heavy (non-hydrogen) atoms. The number of carbonyl (C=O) groups excluding carboxylic acids is 1. The maximum Gasteiger partial charge on any atom is 0.153 e. The number of aldehydes is 1. The van der Waals surface area contributed by atoms with Crippen molar-refractivity contribution in [3.63, 3.8) is 0 Å². The van der Waals surface area contributed by atoms with E-state index >= 15 is 0 Å². The van der Waals surface area contributed by atoms with Crippen LogP contribution in [0.25, 0.3) is 10.1 Å². The van der Waals surface area contributed by atoms with Gasteiger partial charge >= 0.3 is 0 Å². The minimum absolute atomic E-state index is 0.103. The van der Waals surface area contributed by atoms with Crippen molar-refractivity contribution in [3.05, 3.63) is 33.4 Å². The highest BCUT2D eigenvalue weighted by atomic mass is 79.9. The maximum absolute atomic E-state index is 13.5. The molecule has 0 N–H and O–H groups in total. The lowest BCUT2D eigenvalue weighted by Gasteiger charge is -1.96. The van der Waals surface area contributed by atoms with Gasteiger partial charge in [0.05, 0.1) is 5.56 Å². The smallest absolute Gasteiger partial charge is 0.153 e. The van der Waals surface area contributed by atoms with Crippen LogP contribution in [0, 0.1) is 5.82 Å². The molecule has 0 saturated heterocycles. The van der Waals surface area contributed by atoms with Gasteiger partial charge in [0.2, 0.25) is 0 Å². The van der Waals surface area contributed by atoms with E-state index in [1.165, 1.54) is 17.4 Å². The molecule has 0 bridgehead atoms. The van der Waals surface area contributed by atoms with Crippen LogP contribution >= 0.6 is 27.3 Å². The van der Waals surface area contributed by atoms with Crippen LogP contribution in [-0.2, 0) is 0 Å². The number of benzene rings is 1. The second-order valence-electron chi connectivity index (χ2n) is 2.54. The fourth-order valence-electron chi connectivity index (χ4n) is 1.16. The van der Waals surface area contributed by atoms with Crippen LogP contribution in [0.1, 0.15) is 10.4 Å². The zero-order valence-corrected chi connectivity index (χ0v) is 8.78. The first-order valence-corrected chi connectivity index (χ1v) is 5.21. The zero-order valence-electron chi connectivity index (χ0n) is 6.38. The lowest BCUT2D eigenvalue weighted by atomic mass is 10.2. The Morgan fingerprint density at radius 3 is 2.92 bits per heavy atom. The van der Waals surface area contributed by atoms with Gasteiger partial charge in [-0.25, -0.2) is 4.39 Å². The number of fused-ring (bicyclic) bond motifs is 1.